The quantitative estimate of drug-likeness (QED) is 0.267. The van der Waals surface area contributed by atoms with Crippen LogP contribution in [0.15, 0.2) is 48.8 Å². The van der Waals surface area contributed by atoms with Crippen LogP contribution >= 0.6 is 23.4 Å². The van der Waals surface area contributed by atoms with E-state index in [-0.39, 0.29) is 22.6 Å². The zero-order chi connectivity index (χ0) is 25.2. The molecule has 1 aliphatic rings. The van der Waals surface area contributed by atoms with Crippen LogP contribution in [0.25, 0.3) is 0 Å². The molecule has 35 heavy (non-hydrogen) atoms. The van der Waals surface area contributed by atoms with E-state index in [0.29, 0.717) is 23.6 Å². The molecule has 1 saturated heterocycles. The molecule has 3 unspecified atom stereocenters. The van der Waals surface area contributed by atoms with Crippen LogP contribution in [0, 0.1) is 25.2 Å². The summed E-state index contributed by atoms with van der Waals surface area (Å²) in [5.74, 6) is 0.806. The number of halogens is 2. The van der Waals surface area contributed by atoms with Gasteiger partial charge in [0.05, 0.1) is 18.1 Å². The van der Waals surface area contributed by atoms with Crippen molar-refractivity contribution >= 4 is 35.1 Å². The second-order valence-corrected chi connectivity index (χ2v) is 10.1. The summed E-state index contributed by atoms with van der Waals surface area (Å²) in [6.07, 6.45) is 6.80. The minimum absolute atomic E-state index is 0.0309. The van der Waals surface area contributed by atoms with Gasteiger partial charge in [0.15, 0.2) is 5.69 Å². The van der Waals surface area contributed by atoms with Gasteiger partial charge in [-0.05, 0) is 44.0 Å². The van der Waals surface area contributed by atoms with Crippen molar-refractivity contribution in [1.29, 1.82) is 5.26 Å². The van der Waals surface area contributed by atoms with E-state index in [2.05, 4.69) is 23.0 Å². The number of aromatic amines is 1. The van der Waals surface area contributed by atoms with Crippen LogP contribution in [0.2, 0.25) is 5.02 Å². The lowest BCUT2D eigenvalue weighted by atomic mass is 9.94. The Kier molecular flexibility index (Phi) is 7.51. The number of H-pyrrole nitrogens is 1. The third kappa shape index (κ3) is 4.56. The molecule has 8 heteroatoms. The van der Waals surface area contributed by atoms with E-state index in [1.165, 1.54) is 4.42 Å². The van der Waals surface area contributed by atoms with Gasteiger partial charge >= 0.3 is 6.03 Å². The first-order chi connectivity index (χ1) is 16.8. The maximum atomic E-state index is 14.3. The number of carbonyl (C=O) groups is 1. The van der Waals surface area contributed by atoms with Gasteiger partial charge in [-0.3, -0.25) is 0 Å². The van der Waals surface area contributed by atoms with Gasteiger partial charge in [0.25, 0.3) is 0 Å². The number of urea groups is 1. The fourth-order valence-electron chi connectivity index (χ4n) is 5.27. The predicted molar refractivity (Wildman–Crippen MR) is 140 cm³/mol. The zero-order valence-corrected chi connectivity index (χ0v) is 21.8. The fourth-order valence-corrected chi connectivity index (χ4v) is 5.99. The topological polar surface area (TPSA) is 72.8 Å². The van der Waals surface area contributed by atoms with Crippen LogP contribution < -0.4 is 4.48 Å². The third-order valence-corrected chi connectivity index (χ3v) is 7.90. The van der Waals surface area contributed by atoms with Gasteiger partial charge in [0.2, 0.25) is 0 Å². The zero-order valence-electron chi connectivity index (χ0n) is 20.3. The SMILES string of the molecule is CCCCC1C(Cc2ncc[nH]2)[N+](Cc2ccc(C#N)cc2)(c2c(Cl)ccc(C)c2C)C(=O)N1Cl. The number of quaternary nitrogens is 1. The Bertz CT molecular complexity index is 1240. The van der Waals surface area contributed by atoms with E-state index >= 15 is 0 Å². The number of nitrogens with one attached hydrogen (secondary N) is 1. The molecule has 0 bridgehead atoms. The number of hydrogen-bond donors (Lipinski definition) is 1. The molecule has 0 aliphatic carbocycles. The van der Waals surface area contributed by atoms with Gasteiger partial charge < -0.3 is 4.98 Å². The van der Waals surface area contributed by atoms with Crippen molar-refractivity contribution in [3.05, 3.63) is 81.9 Å². The number of unbranched alkanes of at least 4 members (excludes halogenated alkanes) is 1. The van der Waals surface area contributed by atoms with E-state index in [4.69, 9.17) is 23.4 Å². The monoisotopic (exact) mass is 510 g/mol. The van der Waals surface area contributed by atoms with Crippen LogP contribution in [-0.4, -0.2) is 32.5 Å². The second kappa shape index (κ2) is 10.4. The van der Waals surface area contributed by atoms with Gasteiger partial charge in [0, 0.05) is 35.3 Å². The number of amides is 2. The van der Waals surface area contributed by atoms with Crippen molar-refractivity contribution in [2.24, 2.45) is 0 Å². The number of hydrogen-bond acceptors (Lipinski definition) is 3. The average Bonchev–Trinajstić information content (AvgIpc) is 3.44. The van der Waals surface area contributed by atoms with E-state index in [9.17, 15) is 10.1 Å². The number of imidazole rings is 1. The molecule has 0 radical (unpaired) electrons. The Morgan fingerprint density at radius 3 is 2.57 bits per heavy atom. The molecule has 6 nitrogen and oxygen atoms in total. The Hall–Kier alpha value is -2.85. The van der Waals surface area contributed by atoms with E-state index in [1.54, 1.807) is 24.5 Å². The normalized spacial score (nSPS) is 21.9. The first-order valence-corrected chi connectivity index (χ1v) is 12.7. The van der Waals surface area contributed by atoms with E-state index in [1.807, 2.05) is 38.1 Å². The van der Waals surface area contributed by atoms with Crippen molar-refractivity contribution in [2.45, 2.75) is 65.1 Å². The average molecular weight is 511 g/mol. The van der Waals surface area contributed by atoms with Crippen molar-refractivity contribution in [3.63, 3.8) is 0 Å². The molecule has 3 aromatic rings. The third-order valence-electron chi connectivity index (χ3n) is 7.20. The molecule has 3 atom stereocenters. The summed E-state index contributed by atoms with van der Waals surface area (Å²) in [5, 5.41) is 9.81. The van der Waals surface area contributed by atoms with Crippen LogP contribution in [0.4, 0.5) is 10.5 Å². The van der Waals surface area contributed by atoms with Crippen molar-refractivity contribution < 1.29 is 4.79 Å². The Morgan fingerprint density at radius 1 is 1.20 bits per heavy atom. The maximum Gasteiger partial charge on any atom is 0.439 e. The number of nitrogens with zero attached hydrogens (tertiary/aromatic N) is 4. The molecule has 1 N–H and O–H groups in total. The number of aromatic nitrogens is 2. The summed E-state index contributed by atoms with van der Waals surface area (Å²) in [5.41, 5.74) is 4.32. The highest BCUT2D eigenvalue weighted by Crippen LogP contribution is 2.48. The van der Waals surface area contributed by atoms with Crippen LogP contribution in [0.5, 0.6) is 0 Å². The highest BCUT2D eigenvalue weighted by Gasteiger charge is 2.62. The predicted octanol–water partition coefficient (Wildman–Crippen LogP) is 6.82. The molecule has 1 fully saturated rings. The summed E-state index contributed by atoms with van der Waals surface area (Å²) in [6, 6.07) is 12.8. The Morgan fingerprint density at radius 2 is 1.94 bits per heavy atom. The highest BCUT2D eigenvalue weighted by atomic mass is 35.5. The molecule has 2 heterocycles. The van der Waals surface area contributed by atoms with Crippen LogP contribution in [0.1, 0.15) is 54.3 Å². The number of rotatable bonds is 8. The van der Waals surface area contributed by atoms with E-state index in [0.717, 1.165) is 47.5 Å². The lowest BCUT2D eigenvalue weighted by Gasteiger charge is -2.38. The van der Waals surface area contributed by atoms with Crippen LogP contribution in [-0.2, 0) is 13.0 Å². The summed E-state index contributed by atoms with van der Waals surface area (Å²) in [4.78, 5) is 22.0. The summed E-state index contributed by atoms with van der Waals surface area (Å²) < 4.78 is 1.38. The van der Waals surface area contributed by atoms with Gasteiger partial charge in [0.1, 0.15) is 29.5 Å². The Balaban J connectivity index is 1.96. The number of carbonyl (C=O) groups excluding carboxylic acids is 1. The first-order valence-electron chi connectivity index (χ1n) is 11.9. The van der Waals surface area contributed by atoms with Gasteiger partial charge in [-0.15, -0.1) is 0 Å². The van der Waals surface area contributed by atoms with E-state index < -0.39 is 0 Å². The molecule has 2 amide bonds. The fraction of sp³-hybridized carbons (Fsp3) is 0.370. The number of benzene rings is 2. The van der Waals surface area contributed by atoms with Gasteiger partial charge in [-0.25, -0.2) is 9.78 Å². The molecule has 4 rings (SSSR count). The maximum absolute atomic E-state index is 14.3. The highest BCUT2D eigenvalue weighted by molar-refractivity contribution is 6.34. The molecule has 1 aliphatic heterocycles. The van der Waals surface area contributed by atoms with Crippen molar-refractivity contribution in [1.82, 2.24) is 18.9 Å². The lowest BCUT2D eigenvalue weighted by Crippen LogP contribution is -2.58. The molecule has 1 aromatic heterocycles. The molecule has 2 aromatic carbocycles. The largest absolute Gasteiger partial charge is 0.439 e. The minimum Gasteiger partial charge on any atom is -0.348 e. The second-order valence-electron chi connectivity index (χ2n) is 9.28. The van der Waals surface area contributed by atoms with Gasteiger partial charge in [-0.2, -0.15) is 14.2 Å². The van der Waals surface area contributed by atoms with Crippen molar-refractivity contribution in [2.75, 3.05) is 0 Å². The Labute approximate surface area is 216 Å². The standard InChI is InChI=1S/C27H30Cl2N5O/c1-4-5-6-23-24(15-25-31-13-14-32-25)34(27(35)33(23)29,17-21-10-8-20(16-30)9-11-21)26-19(3)18(2)7-12-22(26)28/h7-14,23-24H,4-6,15,17H2,1-3H3,(H,31,32)/q+1. The van der Waals surface area contributed by atoms with Crippen LogP contribution in [0.3, 0.4) is 0 Å². The van der Waals surface area contributed by atoms with Crippen molar-refractivity contribution in [3.8, 4) is 6.07 Å². The molecule has 182 valence electrons. The first kappa shape index (κ1) is 25.2. The lowest BCUT2D eigenvalue weighted by molar-refractivity contribution is 0.193. The minimum atomic E-state index is -0.216. The number of nitriles is 1. The molecular weight excluding hydrogens is 481 g/mol. The summed E-state index contributed by atoms with van der Waals surface area (Å²) >= 11 is 13.7. The molecule has 0 spiro atoms. The molecule has 0 saturated carbocycles. The summed E-state index contributed by atoms with van der Waals surface area (Å²) in [7, 11) is 0. The van der Waals surface area contributed by atoms with Gasteiger partial charge in [-0.1, -0.05) is 49.6 Å². The smallest absolute Gasteiger partial charge is 0.348 e. The number of aryl methyl sites for hydroxylation is 1. The summed E-state index contributed by atoms with van der Waals surface area (Å²) in [6.45, 7) is 6.55. The molecular formula is C27H30Cl2N5O+.